The molecule has 0 aliphatic heterocycles. The molecule has 0 aliphatic carbocycles. The van der Waals surface area contributed by atoms with Gasteiger partial charge in [-0.3, -0.25) is 4.98 Å². The number of aromatic nitrogens is 1. The Labute approximate surface area is 185 Å². The number of benzene rings is 2. The van der Waals surface area contributed by atoms with Crippen LogP contribution in [0.1, 0.15) is 48.6 Å². The van der Waals surface area contributed by atoms with Crippen LogP contribution in [0, 0.1) is 13.8 Å². The molecule has 0 saturated heterocycles. The molecule has 0 saturated carbocycles. The monoisotopic (exact) mass is 497 g/mol. The van der Waals surface area contributed by atoms with Gasteiger partial charge in [0.25, 0.3) is 0 Å². The van der Waals surface area contributed by atoms with E-state index in [2.05, 4.69) is 102 Å². The van der Waals surface area contributed by atoms with Gasteiger partial charge in [0.15, 0.2) is 0 Å². The van der Waals surface area contributed by atoms with E-state index in [9.17, 15) is 0 Å². The molecule has 0 atom stereocenters. The molecule has 0 amide bonds. The molecule has 28 heavy (non-hydrogen) atoms. The van der Waals surface area contributed by atoms with Gasteiger partial charge in [0.1, 0.15) is 0 Å². The van der Waals surface area contributed by atoms with Crippen molar-refractivity contribution >= 4 is 37.4 Å². The maximum absolute atomic E-state index is 4.46. The van der Waals surface area contributed by atoms with Crippen molar-refractivity contribution in [2.75, 3.05) is 0 Å². The van der Waals surface area contributed by atoms with Crippen molar-refractivity contribution < 1.29 is 0 Å². The van der Waals surface area contributed by atoms with E-state index in [1.807, 2.05) is 24.5 Å². The Morgan fingerprint density at radius 2 is 1.32 bits per heavy atom. The van der Waals surface area contributed by atoms with Gasteiger partial charge in [-0.05, 0) is 82.5 Å². The number of hydrogen-bond donors (Lipinski definition) is 0. The van der Waals surface area contributed by atoms with Crippen LogP contribution in [-0.2, 0) is 5.41 Å². The van der Waals surface area contributed by atoms with Gasteiger partial charge in [-0.15, -0.1) is 0 Å². The normalized spacial score (nSPS) is 11.5. The van der Waals surface area contributed by atoms with E-state index in [1.165, 1.54) is 22.3 Å². The van der Waals surface area contributed by atoms with Gasteiger partial charge in [0, 0.05) is 26.9 Å². The van der Waals surface area contributed by atoms with Crippen molar-refractivity contribution in [2.24, 2.45) is 0 Å². The minimum atomic E-state index is 0.128. The molecule has 0 fully saturated rings. The van der Waals surface area contributed by atoms with E-state index in [1.54, 1.807) is 0 Å². The Morgan fingerprint density at radius 3 is 1.79 bits per heavy atom. The first-order valence-corrected chi connectivity index (χ1v) is 10.9. The highest BCUT2D eigenvalue weighted by Crippen LogP contribution is 2.40. The van der Waals surface area contributed by atoms with Crippen LogP contribution in [0.15, 0.2) is 64.3 Å². The highest BCUT2D eigenvalue weighted by Gasteiger charge is 2.20. The predicted octanol–water partition coefficient (Wildman–Crippen LogP) is 8.25. The second-order valence-corrected chi connectivity index (χ2v) is 9.97. The standard InChI is InChI=1S/C25H25Br2N/c1-15-11-20(25(4,5)6)12-16(2)23(15)17(3)24-21(26)13-19(14-22(24)27)18-7-9-28-10-8-18/h7-14H,3H2,1-2,4-6H3. The molecule has 0 radical (unpaired) electrons. The summed E-state index contributed by atoms with van der Waals surface area (Å²) >= 11 is 7.56. The summed E-state index contributed by atoms with van der Waals surface area (Å²) in [4.78, 5) is 4.11. The summed E-state index contributed by atoms with van der Waals surface area (Å²) in [6.07, 6.45) is 3.63. The molecule has 2 aromatic carbocycles. The van der Waals surface area contributed by atoms with Gasteiger partial charge in [0.2, 0.25) is 0 Å². The summed E-state index contributed by atoms with van der Waals surface area (Å²) in [6, 6.07) is 12.9. The van der Waals surface area contributed by atoms with Crippen LogP contribution in [0.5, 0.6) is 0 Å². The van der Waals surface area contributed by atoms with E-state index in [0.717, 1.165) is 31.2 Å². The topological polar surface area (TPSA) is 12.9 Å². The van der Waals surface area contributed by atoms with Crippen LogP contribution in [0.2, 0.25) is 0 Å². The molecule has 3 heteroatoms. The Kier molecular flexibility index (Phi) is 5.97. The molecular weight excluding hydrogens is 474 g/mol. The van der Waals surface area contributed by atoms with Crippen LogP contribution in [0.3, 0.4) is 0 Å². The maximum atomic E-state index is 4.46. The lowest BCUT2D eigenvalue weighted by molar-refractivity contribution is 0.589. The molecule has 1 nitrogen and oxygen atoms in total. The Balaban J connectivity index is 2.09. The van der Waals surface area contributed by atoms with Gasteiger partial charge >= 0.3 is 0 Å². The van der Waals surface area contributed by atoms with Gasteiger partial charge in [0.05, 0.1) is 0 Å². The van der Waals surface area contributed by atoms with Gasteiger partial charge in [-0.1, -0.05) is 71.3 Å². The number of nitrogens with zero attached hydrogens (tertiary/aromatic N) is 1. The first-order valence-electron chi connectivity index (χ1n) is 9.30. The molecule has 0 N–H and O–H groups in total. The molecule has 3 rings (SSSR count). The number of rotatable bonds is 3. The van der Waals surface area contributed by atoms with Crippen molar-refractivity contribution in [1.29, 1.82) is 0 Å². The van der Waals surface area contributed by atoms with Gasteiger partial charge < -0.3 is 0 Å². The van der Waals surface area contributed by atoms with Crippen LogP contribution < -0.4 is 0 Å². The first-order chi connectivity index (χ1) is 13.1. The number of pyridine rings is 1. The summed E-state index contributed by atoms with van der Waals surface area (Å²) in [5.41, 5.74) is 9.59. The Bertz CT molecular complexity index is 998. The average Bonchev–Trinajstić information content (AvgIpc) is 2.60. The molecule has 1 heterocycles. The van der Waals surface area contributed by atoms with Crippen molar-refractivity contribution in [1.82, 2.24) is 4.98 Å². The largest absolute Gasteiger partial charge is 0.265 e. The number of aryl methyl sites for hydroxylation is 2. The molecule has 3 aromatic rings. The predicted molar refractivity (Wildman–Crippen MR) is 128 cm³/mol. The summed E-state index contributed by atoms with van der Waals surface area (Å²) in [5, 5.41) is 0. The molecule has 0 aliphatic rings. The SMILES string of the molecule is C=C(c1c(C)cc(C(C)(C)C)cc1C)c1c(Br)cc(-c2ccncc2)cc1Br. The molecule has 0 spiro atoms. The fourth-order valence-electron chi connectivity index (χ4n) is 3.57. The minimum absolute atomic E-state index is 0.128. The lowest BCUT2D eigenvalue weighted by Crippen LogP contribution is -2.12. The van der Waals surface area contributed by atoms with E-state index < -0.39 is 0 Å². The van der Waals surface area contributed by atoms with Crippen molar-refractivity contribution in [3.63, 3.8) is 0 Å². The van der Waals surface area contributed by atoms with Crippen LogP contribution in [0.4, 0.5) is 0 Å². The third-order valence-electron chi connectivity index (χ3n) is 5.06. The quantitative estimate of drug-likeness (QED) is 0.354. The summed E-state index contributed by atoms with van der Waals surface area (Å²) < 4.78 is 2.05. The fraction of sp³-hybridized carbons (Fsp3) is 0.240. The molecule has 0 unspecified atom stereocenters. The number of hydrogen-bond acceptors (Lipinski definition) is 1. The van der Waals surface area contributed by atoms with E-state index in [0.29, 0.717) is 0 Å². The van der Waals surface area contributed by atoms with Gasteiger partial charge in [-0.2, -0.15) is 0 Å². The van der Waals surface area contributed by atoms with Crippen molar-refractivity contribution in [3.05, 3.63) is 92.1 Å². The number of halogens is 2. The lowest BCUT2D eigenvalue weighted by atomic mass is 9.82. The summed E-state index contributed by atoms with van der Waals surface area (Å²) in [6.45, 7) is 15.6. The maximum Gasteiger partial charge on any atom is 0.0273 e. The second-order valence-electron chi connectivity index (χ2n) is 8.26. The smallest absolute Gasteiger partial charge is 0.0273 e. The molecule has 0 bridgehead atoms. The van der Waals surface area contributed by atoms with Crippen LogP contribution >= 0.6 is 31.9 Å². The van der Waals surface area contributed by atoms with Gasteiger partial charge in [-0.25, -0.2) is 0 Å². The lowest BCUT2D eigenvalue weighted by Gasteiger charge is -2.24. The molecule has 144 valence electrons. The van der Waals surface area contributed by atoms with E-state index in [-0.39, 0.29) is 5.41 Å². The van der Waals surface area contributed by atoms with Crippen LogP contribution in [0.25, 0.3) is 16.7 Å². The van der Waals surface area contributed by atoms with E-state index >= 15 is 0 Å². The zero-order valence-corrected chi connectivity index (χ0v) is 20.2. The highest BCUT2D eigenvalue weighted by molar-refractivity contribution is 9.11. The first kappa shape index (κ1) is 21.0. The summed E-state index contributed by atoms with van der Waals surface area (Å²) in [7, 11) is 0. The third kappa shape index (κ3) is 4.16. The van der Waals surface area contributed by atoms with Crippen molar-refractivity contribution in [2.45, 2.75) is 40.0 Å². The third-order valence-corrected chi connectivity index (χ3v) is 6.31. The van der Waals surface area contributed by atoms with E-state index in [4.69, 9.17) is 0 Å². The molecular formula is C25H25Br2N. The zero-order chi connectivity index (χ0) is 20.6. The second kappa shape index (κ2) is 7.96. The minimum Gasteiger partial charge on any atom is -0.265 e. The zero-order valence-electron chi connectivity index (χ0n) is 17.0. The summed E-state index contributed by atoms with van der Waals surface area (Å²) in [5.74, 6) is 0. The average molecular weight is 499 g/mol. The van der Waals surface area contributed by atoms with Crippen molar-refractivity contribution in [3.8, 4) is 11.1 Å². The Hall–Kier alpha value is -1.71. The highest BCUT2D eigenvalue weighted by atomic mass is 79.9. The van der Waals surface area contributed by atoms with Crippen LogP contribution in [-0.4, -0.2) is 4.98 Å². The Morgan fingerprint density at radius 1 is 0.821 bits per heavy atom. The molecule has 1 aromatic heterocycles. The fourth-order valence-corrected chi connectivity index (χ4v) is 5.24.